The summed E-state index contributed by atoms with van der Waals surface area (Å²) in [4.78, 5) is 10.9. The van der Waals surface area contributed by atoms with Crippen molar-refractivity contribution in [1.82, 2.24) is 5.32 Å². The summed E-state index contributed by atoms with van der Waals surface area (Å²) >= 11 is 6.33. The number of hydrogen-bond acceptors (Lipinski definition) is 6. The minimum atomic E-state index is -0.540. The van der Waals surface area contributed by atoms with Crippen molar-refractivity contribution in [1.29, 1.82) is 0 Å². The predicted octanol–water partition coefficient (Wildman–Crippen LogP) is 2.66. The fourth-order valence-electron chi connectivity index (χ4n) is 2.83. The lowest BCUT2D eigenvalue weighted by molar-refractivity contribution is -0.119. The fraction of sp³-hybridized carbons (Fsp3) is 0.350. The Labute approximate surface area is 168 Å². The second-order valence-corrected chi connectivity index (χ2v) is 6.71. The minimum Gasteiger partial charge on any atom is -0.493 e. The molecule has 3 N–H and O–H groups in total. The minimum absolute atomic E-state index is 0.196. The zero-order chi connectivity index (χ0) is 19.9. The van der Waals surface area contributed by atoms with Crippen LogP contribution in [-0.4, -0.2) is 32.8 Å². The number of benzene rings is 2. The highest BCUT2D eigenvalue weighted by molar-refractivity contribution is 6.32. The Bertz CT molecular complexity index is 844. The van der Waals surface area contributed by atoms with E-state index in [0.29, 0.717) is 54.3 Å². The Hall–Kier alpha value is -2.64. The SMILES string of the molecule is COc1cc(CNCc2cc(Cl)c3c(c2)OCCCO3)ccc1OCC(N)=O. The summed E-state index contributed by atoms with van der Waals surface area (Å²) in [6, 6.07) is 9.32. The van der Waals surface area contributed by atoms with Gasteiger partial charge in [0.05, 0.1) is 25.3 Å². The molecule has 0 spiro atoms. The first-order valence-electron chi connectivity index (χ1n) is 8.93. The van der Waals surface area contributed by atoms with Crippen molar-refractivity contribution >= 4 is 17.5 Å². The Morgan fingerprint density at radius 1 is 1.14 bits per heavy atom. The number of hydrogen-bond donors (Lipinski definition) is 2. The van der Waals surface area contributed by atoms with Crippen LogP contribution >= 0.6 is 11.6 Å². The van der Waals surface area contributed by atoms with Crippen molar-refractivity contribution in [3.8, 4) is 23.0 Å². The van der Waals surface area contributed by atoms with Gasteiger partial charge in [0.25, 0.3) is 5.91 Å². The van der Waals surface area contributed by atoms with Crippen LogP contribution in [0.3, 0.4) is 0 Å². The molecule has 150 valence electrons. The first kappa shape index (κ1) is 20.1. The lowest BCUT2D eigenvalue weighted by atomic mass is 10.1. The highest BCUT2D eigenvalue weighted by Gasteiger charge is 2.15. The highest BCUT2D eigenvalue weighted by Crippen LogP contribution is 2.38. The number of fused-ring (bicyclic) bond motifs is 1. The maximum absolute atomic E-state index is 10.9. The molecule has 0 aromatic heterocycles. The largest absolute Gasteiger partial charge is 0.493 e. The molecule has 0 atom stereocenters. The summed E-state index contributed by atoms with van der Waals surface area (Å²) in [6.07, 6.45) is 0.833. The van der Waals surface area contributed by atoms with Crippen molar-refractivity contribution in [3.63, 3.8) is 0 Å². The van der Waals surface area contributed by atoms with E-state index < -0.39 is 5.91 Å². The van der Waals surface area contributed by atoms with Crippen LogP contribution in [0.2, 0.25) is 5.02 Å². The fourth-order valence-corrected chi connectivity index (χ4v) is 3.12. The summed E-state index contributed by atoms with van der Waals surface area (Å²) in [5, 5.41) is 3.91. The molecule has 1 amide bonds. The molecule has 0 aliphatic carbocycles. The van der Waals surface area contributed by atoms with Crippen LogP contribution in [0, 0.1) is 0 Å². The molecule has 8 heteroatoms. The van der Waals surface area contributed by atoms with Gasteiger partial charge in [-0.1, -0.05) is 17.7 Å². The van der Waals surface area contributed by atoms with Crippen molar-refractivity contribution < 1.29 is 23.7 Å². The molecule has 1 heterocycles. The van der Waals surface area contributed by atoms with Crippen LogP contribution in [-0.2, 0) is 17.9 Å². The smallest absolute Gasteiger partial charge is 0.255 e. The normalized spacial score (nSPS) is 12.9. The average molecular weight is 407 g/mol. The van der Waals surface area contributed by atoms with E-state index >= 15 is 0 Å². The summed E-state index contributed by atoms with van der Waals surface area (Å²) in [7, 11) is 1.55. The van der Waals surface area contributed by atoms with Crippen LogP contribution in [0.4, 0.5) is 0 Å². The summed E-state index contributed by atoms with van der Waals surface area (Å²) in [5.74, 6) is 1.76. The van der Waals surface area contributed by atoms with Crippen molar-refractivity contribution in [2.24, 2.45) is 5.73 Å². The average Bonchev–Trinajstić information content (AvgIpc) is 2.92. The number of halogens is 1. The Kier molecular flexibility index (Phi) is 6.84. The monoisotopic (exact) mass is 406 g/mol. The molecular formula is C20H23ClN2O5. The third kappa shape index (κ3) is 5.21. The summed E-state index contributed by atoms with van der Waals surface area (Å²) < 4.78 is 22.0. The van der Waals surface area contributed by atoms with E-state index in [0.717, 1.165) is 17.5 Å². The standard InChI is InChI=1S/C20H23ClN2O5/c1-25-17-8-13(3-4-16(17)28-12-19(22)24)10-23-11-14-7-15(21)20-18(9-14)26-5-2-6-27-20/h3-4,7-9,23H,2,5-6,10-12H2,1H3,(H2,22,24). The molecule has 1 aliphatic heterocycles. The van der Waals surface area contributed by atoms with E-state index in [2.05, 4.69) is 5.32 Å². The lowest BCUT2D eigenvalue weighted by Gasteiger charge is -2.13. The van der Waals surface area contributed by atoms with Crippen LogP contribution < -0.4 is 30.0 Å². The van der Waals surface area contributed by atoms with Crippen LogP contribution in [0.25, 0.3) is 0 Å². The molecule has 0 unspecified atom stereocenters. The van der Waals surface area contributed by atoms with Gasteiger partial charge in [-0.3, -0.25) is 4.79 Å². The second-order valence-electron chi connectivity index (χ2n) is 6.30. The van der Waals surface area contributed by atoms with Gasteiger partial charge in [-0.25, -0.2) is 0 Å². The molecule has 2 aromatic rings. The summed E-state index contributed by atoms with van der Waals surface area (Å²) in [5.41, 5.74) is 7.11. The number of methoxy groups -OCH3 is 1. The van der Waals surface area contributed by atoms with E-state index in [1.54, 1.807) is 13.2 Å². The predicted molar refractivity (Wildman–Crippen MR) is 105 cm³/mol. The highest BCUT2D eigenvalue weighted by atomic mass is 35.5. The quantitative estimate of drug-likeness (QED) is 0.700. The first-order valence-corrected chi connectivity index (χ1v) is 9.31. The number of nitrogens with one attached hydrogen (secondary N) is 1. The van der Waals surface area contributed by atoms with E-state index in [1.807, 2.05) is 24.3 Å². The van der Waals surface area contributed by atoms with E-state index in [-0.39, 0.29) is 6.61 Å². The molecule has 2 aromatic carbocycles. The van der Waals surface area contributed by atoms with Gasteiger partial charge < -0.3 is 30.0 Å². The van der Waals surface area contributed by atoms with Crippen molar-refractivity contribution in [2.75, 3.05) is 26.9 Å². The number of primary amides is 1. The zero-order valence-corrected chi connectivity index (χ0v) is 16.4. The van der Waals surface area contributed by atoms with Gasteiger partial charge in [0.2, 0.25) is 0 Å². The van der Waals surface area contributed by atoms with E-state index in [4.69, 9.17) is 36.3 Å². The van der Waals surface area contributed by atoms with Crippen molar-refractivity contribution in [2.45, 2.75) is 19.5 Å². The number of ether oxygens (including phenoxy) is 4. The molecule has 3 rings (SSSR count). The molecule has 1 aliphatic rings. The number of rotatable bonds is 8. The van der Waals surface area contributed by atoms with Gasteiger partial charge in [0.15, 0.2) is 29.6 Å². The Morgan fingerprint density at radius 2 is 1.93 bits per heavy atom. The maximum Gasteiger partial charge on any atom is 0.255 e. The molecule has 0 saturated heterocycles. The zero-order valence-electron chi connectivity index (χ0n) is 15.6. The molecule has 0 bridgehead atoms. The van der Waals surface area contributed by atoms with Crippen molar-refractivity contribution in [3.05, 3.63) is 46.5 Å². The number of carbonyl (C=O) groups excluding carboxylic acids is 1. The molecule has 28 heavy (non-hydrogen) atoms. The molecular weight excluding hydrogens is 384 g/mol. The van der Waals surface area contributed by atoms with Gasteiger partial charge in [-0.15, -0.1) is 0 Å². The van der Waals surface area contributed by atoms with Crippen LogP contribution in [0.1, 0.15) is 17.5 Å². The lowest BCUT2D eigenvalue weighted by Crippen LogP contribution is -2.20. The van der Waals surface area contributed by atoms with Gasteiger partial charge >= 0.3 is 0 Å². The first-order chi connectivity index (χ1) is 13.6. The number of nitrogens with two attached hydrogens (primary N) is 1. The third-order valence-electron chi connectivity index (χ3n) is 4.12. The Balaban J connectivity index is 1.61. The molecule has 0 fully saturated rings. The van der Waals surface area contributed by atoms with Crippen LogP contribution in [0.5, 0.6) is 23.0 Å². The number of amides is 1. The topological polar surface area (TPSA) is 92.0 Å². The van der Waals surface area contributed by atoms with E-state index in [1.165, 1.54) is 0 Å². The second kappa shape index (κ2) is 9.52. The summed E-state index contributed by atoms with van der Waals surface area (Å²) in [6.45, 7) is 2.24. The Morgan fingerprint density at radius 3 is 2.71 bits per heavy atom. The number of carbonyl (C=O) groups is 1. The van der Waals surface area contributed by atoms with Gasteiger partial charge in [-0.05, 0) is 35.4 Å². The van der Waals surface area contributed by atoms with Gasteiger partial charge in [0, 0.05) is 19.5 Å². The van der Waals surface area contributed by atoms with Gasteiger partial charge in [0.1, 0.15) is 0 Å². The van der Waals surface area contributed by atoms with Crippen LogP contribution in [0.15, 0.2) is 30.3 Å². The van der Waals surface area contributed by atoms with E-state index in [9.17, 15) is 4.79 Å². The maximum atomic E-state index is 10.9. The third-order valence-corrected chi connectivity index (χ3v) is 4.40. The molecule has 0 radical (unpaired) electrons. The molecule has 7 nitrogen and oxygen atoms in total. The molecule has 0 saturated carbocycles. The van der Waals surface area contributed by atoms with Gasteiger partial charge in [-0.2, -0.15) is 0 Å².